The van der Waals surface area contributed by atoms with Gasteiger partial charge in [0.25, 0.3) is 5.69 Å². The van der Waals surface area contributed by atoms with Crippen molar-refractivity contribution in [3.8, 4) is 0 Å². The molecule has 6 nitrogen and oxygen atoms in total. The third kappa shape index (κ3) is 4.47. The van der Waals surface area contributed by atoms with Crippen LogP contribution in [0.5, 0.6) is 0 Å². The summed E-state index contributed by atoms with van der Waals surface area (Å²) in [5.41, 5.74) is 6.23. The molecule has 20 heavy (non-hydrogen) atoms. The molecule has 0 spiro atoms. The minimum Gasteiger partial charge on any atom is -0.341 e. The first-order valence-electron chi connectivity index (χ1n) is 6.07. The number of nitro benzene ring substituents is 1. The van der Waals surface area contributed by atoms with E-state index in [2.05, 4.69) is 0 Å². The molecular formula is C13H20ClN3O3. The number of hydrogen-bond donors (Lipinski definition) is 1. The van der Waals surface area contributed by atoms with E-state index in [1.807, 2.05) is 0 Å². The Hall–Kier alpha value is -1.66. The van der Waals surface area contributed by atoms with Gasteiger partial charge < -0.3 is 10.6 Å². The van der Waals surface area contributed by atoms with E-state index >= 15 is 0 Å². The topological polar surface area (TPSA) is 89.5 Å². The predicted octanol–water partition coefficient (Wildman–Crippen LogP) is 1.96. The molecule has 0 bridgehead atoms. The maximum absolute atomic E-state index is 12.0. The fraction of sp³-hybridized carbons (Fsp3) is 0.462. The van der Waals surface area contributed by atoms with Gasteiger partial charge in [-0.2, -0.15) is 0 Å². The lowest BCUT2D eigenvalue weighted by molar-refractivity contribution is -0.385. The average Bonchev–Trinajstić information content (AvgIpc) is 2.37. The van der Waals surface area contributed by atoms with E-state index in [0.717, 1.165) is 0 Å². The molecule has 0 aliphatic heterocycles. The number of nitro groups is 1. The van der Waals surface area contributed by atoms with Crippen LogP contribution in [0.25, 0.3) is 0 Å². The van der Waals surface area contributed by atoms with Crippen LogP contribution in [0.15, 0.2) is 24.3 Å². The first-order chi connectivity index (χ1) is 8.84. The third-order valence-corrected chi connectivity index (χ3v) is 3.15. The van der Waals surface area contributed by atoms with Crippen molar-refractivity contribution in [3.05, 3.63) is 39.9 Å². The fourth-order valence-corrected chi connectivity index (χ4v) is 1.73. The molecule has 7 heteroatoms. The van der Waals surface area contributed by atoms with Gasteiger partial charge in [-0.05, 0) is 6.92 Å². The summed E-state index contributed by atoms with van der Waals surface area (Å²) in [6, 6.07) is 6.16. The van der Waals surface area contributed by atoms with Crippen LogP contribution in [0.4, 0.5) is 5.69 Å². The van der Waals surface area contributed by atoms with Gasteiger partial charge in [0, 0.05) is 24.7 Å². The highest BCUT2D eigenvalue weighted by Crippen LogP contribution is 2.19. The molecule has 0 saturated carbocycles. The zero-order chi connectivity index (χ0) is 14.6. The summed E-state index contributed by atoms with van der Waals surface area (Å²) in [4.78, 5) is 24.0. The molecule has 1 amide bonds. The van der Waals surface area contributed by atoms with Crippen LogP contribution >= 0.6 is 12.4 Å². The highest BCUT2D eigenvalue weighted by Gasteiger charge is 2.23. The highest BCUT2D eigenvalue weighted by atomic mass is 35.5. The number of amides is 1. The van der Waals surface area contributed by atoms with Crippen molar-refractivity contribution in [2.24, 2.45) is 11.7 Å². The highest BCUT2D eigenvalue weighted by molar-refractivity contribution is 5.85. The van der Waals surface area contributed by atoms with Crippen LogP contribution in [0.1, 0.15) is 19.4 Å². The van der Waals surface area contributed by atoms with E-state index in [1.54, 1.807) is 39.1 Å². The van der Waals surface area contributed by atoms with Crippen molar-refractivity contribution < 1.29 is 9.72 Å². The molecule has 2 unspecified atom stereocenters. The van der Waals surface area contributed by atoms with Gasteiger partial charge in [0.05, 0.1) is 17.4 Å². The quantitative estimate of drug-likeness (QED) is 0.665. The maximum Gasteiger partial charge on any atom is 0.274 e. The lowest BCUT2D eigenvalue weighted by Gasteiger charge is -2.23. The second-order valence-electron chi connectivity index (χ2n) is 4.73. The van der Waals surface area contributed by atoms with Gasteiger partial charge in [0.15, 0.2) is 0 Å². The Kier molecular flexibility index (Phi) is 7.17. The number of benzene rings is 1. The zero-order valence-corrected chi connectivity index (χ0v) is 12.6. The third-order valence-electron chi connectivity index (χ3n) is 3.15. The normalized spacial score (nSPS) is 13.0. The number of halogens is 1. The Morgan fingerprint density at radius 1 is 1.40 bits per heavy atom. The van der Waals surface area contributed by atoms with E-state index in [-0.39, 0.29) is 42.5 Å². The van der Waals surface area contributed by atoms with Crippen LogP contribution < -0.4 is 5.73 Å². The molecule has 0 aromatic heterocycles. The Morgan fingerprint density at radius 3 is 2.45 bits per heavy atom. The molecule has 112 valence electrons. The van der Waals surface area contributed by atoms with Crippen LogP contribution in [-0.2, 0) is 11.3 Å². The molecule has 0 aliphatic rings. The number of nitrogens with two attached hydrogens (primary N) is 1. The molecule has 0 fully saturated rings. The molecule has 1 aromatic carbocycles. The Balaban J connectivity index is 0.00000361. The second-order valence-corrected chi connectivity index (χ2v) is 4.73. The number of para-hydroxylation sites is 1. The minimum atomic E-state index is -0.442. The van der Waals surface area contributed by atoms with Gasteiger partial charge in [-0.3, -0.25) is 14.9 Å². The van der Waals surface area contributed by atoms with Gasteiger partial charge in [0.1, 0.15) is 0 Å². The van der Waals surface area contributed by atoms with Crippen molar-refractivity contribution in [1.82, 2.24) is 4.90 Å². The smallest absolute Gasteiger partial charge is 0.274 e. The lowest BCUT2D eigenvalue weighted by atomic mass is 10.0. The van der Waals surface area contributed by atoms with Crippen LogP contribution in [0.3, 0.4) is 0 Å². The number of carbonyl (C=O) groups is 1. The number of rotatable bonds is 5. The van der Waals surface area contributed by atoms with E-state index in [4.69, 9.17) is 5.73 Å². The summed E-state index contributed by atoms with van der Waals surface area (Å²) in [5.74, 6) is -0.430. The monoisotopic (exact) mass is 301 g/mol. The molecular weight excluding hydrogens is 282 g/mol. The number of carbonyl (C=O) groups excluding carboxylic acids is 1. The van der Waals surface area contributed by atoms with Crippen molar-refractivity contribution >= 4 is 24.0 Å². The van der Waals surface area contributed by atoms with Gasteiger partial charge in [-0.1, -0.05) is 25.1 Å². The van der Waals surface area contributed by atoms with E-state index in [1.165, 1.54) is 11.0 Å². The molecule has 0 aliphatic carbocycles. The van der Waals surface area contributed by atoms with E-state index in [0.29, 0.717) is 5.56 Å². The standard InChI is InChI=1S/C13H19N3O3.ClH/c1-9(10(2)14)13(17)15(3)8-11-6-4-5-7-12(11)16(18)19;/h4-7,9-10H,8,14H2,1-3H3;1H. The summed E-state index contributed by atoms with van der Waals surface area (Å²) in [5, 5.41) is 10.9. The van der Waals surface area contributed by atoms with E-state index in [9.17, 15) is 14.9 Å². The van der Waals surface area contributed by atoms with Gasteiger partial charge in [-0.15, -0.1) is 12.4 Å². The summed E-state index contributed by atoms with van der Waals surface area (Å²) in [6.07, 6.45) is 0. The average molecular weight is 302 g/mol. The van der Waals surface area contributed by atoms with Crippen molar-refractivity contribution in [1.29, 1.82) is 0 Å². The SMILES string of the molecule is CC(N)C(C)C(=O)N(C)Cc1ccccc1[N+](=O)[O-].Cl. The number of hydrogen-bond acceptors (Lipinski definition) is 4. The lowest BCUT2D eigenvalue weighted by Crippen LogP contribution is -2.39. The Morgan fingerprint density at radius 2 is 1.95 bits per heavy atom. The summed E-state index contributed by atoms with van der Waals surface area (Å²) >= 11 is 0. The van der Waals surface area contributed by atoms with Crippen LogP contribution in [-0.4, -0.2) is 28.8 Å². The predicted molar refractivity (Wildman–Crippen MR) is 79.6 cm³/mol. The molecule has 0 radical (unpaired) electrons. The Bertz CT molecular complexity index is 480. The molecule has 2 N–H and O–H groups in total. The van der Waals surface area contributed by atoms with Crippen molar-refractivity contribution in [2.75, 3.05) is 7.05 Å². The van der Waals surface area contributed by atoms with Crippen LogP contribution in [0, 0.1) is 16.0 Å². The molecule has 2 atom stereocenters. The van der Waals surface area contributed by atoms with Crippen molar-refractivity contribution in [3.63, 3.8) is 0 Å². The Labute approximate surface area is 124 Å². The van der Waals surface area contributed by atoms with Crippen LogP contribution in [0.2, 0.25) is 0 Å². The first-order valence-corrected chi connectivity index (χ1v) is 6.07. The molecule has 0 heterocycles. The van der Waals surface area contributed by atoms with Gasteiger partial charge in [0.2, 0.25) is 5.91 Å². The summed E-state index contributed by atoms with van der Waals surface area (Å²) in [6.45, 7) is 3.72. The summed E-state index contributed by atoms with van der Waals surface area (Å²) < 4.78 is 0. The number of nitrogens with zero attached hydrogens (tertiary/aromatic N) is 2. The van der Waals surface area contributed by atoms with E-state index < -0.39 is 4.92 Å². The summed E-state index contributed by atoms with van der Waals surface area (Å²) in [7, 11) is 1.62. The zero-order valence-electron chi connectivity index (χ0n) is 11.8. The maximum atomic E-state index is 12.0. The fourth-order valence-electron chi connectivity index (χ4n) is 1.73. The largest absolute Gasteiger partial charge is 0.341 e. The second kappa shape index (κ2) is 7.81. The molecule has 0 saturated heterocycles. The molecule has 1 aromatic rings. The first kappa shape index (κ1) is 18.3. The van der Waals surface area contributed by atoms with Gasteiger partial charge in [-0.25, -0.2) is 0 Å². The van der Waals surface area contributed by atoms with Gasteiger partial charge >= 0.3 is 0 Å². The van der Waals surface area contributed by atoms with Crippen molar-refractivity contribution in [2.45, 2.75) is 26.4 Å². The minimum absolute atomic E-state index is 0. The molecule has 1 rings (SSSR count).